The van der Waals surface area contributed by atoms with E-state index in [1.54, 1.807) is 12.1 Å². The molecule has 0 fully saturated rings. The molecule has 0 aliphatic heterocycles. The third-order valence-corrected chi connectivity index (χ3v) is 3.05. The van der Waals surface area contributed by atoms with Crippen LogP contribution in [-0.4, -0.2) is 23.0 Å². The van der Waals surface area contributed by atoms with Crippen molar-refractivity contribution < 1.29 is 14.7 Å². The van der Waals surface area contributed by atoms with Gasteiger partial charge < -0.3 is 10.4 Å². The lowest BCUT2D eigenvalue weighted by Gasteiger charge is -2.13. The summed E-state index contributed by atoms with van der Waals surface area (Å²) in [6.07, 6.45) is 4.53. The maximum Gasteiger partial charge on any atom is 0.328 e. The van der Waals surface area contributed by atoms with E-state index in [2.05, 4.69) is 12.2 Å². The van der Waals surface area contributed by atoms with Gasteiger partial charge in [0, 0.05) is 17.7 Å². The highest BCUT2D eigenvalue weighted by Gasteiger charge is 2.10. The van der Waals surface area contributed by atoms with Crippen molar-refractivity contribution in [2.75, 3.05) is 0 Å². The normalized spacial score (nSPS) is 12.3. The first-order valence-electron chi connectivity index (χ1n) is 6.76. The minimum Gasteiger partial charge on any atom is -0.478 e. The molecule has 4 heteroatoms. The van der Waals surface area contributed by atoms with E-state index in [4.69, 9.17) is 5.11 Å². The smallest absolute Gasteiger partial charge is 0.328 e. The van der Waals surface area contributed by atoms with Crippen LogP contribution in [0.3, 0.4) is 0 Å². The van der Waals surface area contributed by atoms with Crippen molar-refractivity contribution in [2.45, 2.75) is 39.7 Å². The monoisotopic (exact) mass is 275 g/mol. The zero-order chi connectivity index (χ0) is 15.1. The second-order valence-corrected chi connectivity index (χ2v) is 4.91. The van der Waals surface area contributed by atoms with E-state index in [-0.39, 0.29) is 11.9 Å². The van der Waals surface area contributed by atoms with Crippen LogP contribution in [0.1, 0.15) is 48.2 Å². The molecule has 0 aromatic heterocycles. The van der Waals surface area contributed by atoms with Crippen molar-refractivity contribution in [1.82, 2.24) is 5.32 Å². The lowest BCUT2D eigenvalue weighted by atomic mass is 10.0. The maximum absolute atomic E-state index is 12.1. The number of aryl methyl sites for hydroxylation is 1. The SMILES string of the molecule is CCCC(C)NC(=O)c1ccc(C)c(/C=C/C(=O)O)c1. The molecular weight excluding hydrogens is 254 g/mol. The molecule has 0 saturated heterocycles. The molecule has 1 unspecified atom stereocenters. The molecule has 1 amide bonds. The minimum atomic E-state index is -1.00. The number of hydrogen-bond donors (Lipinski definition) is 2. The Hall–Kier alpha value is -2.10. The molecule has 0 aliphatic carbocycles. The summed E-state index contributed by atoms with van der Waals surface area (Å²) < 4.78 is 0. The van der Waals surface area contributed by atoms with Gasteiger partial charge in [-0.2, -0.15) is 0 Å². The van der Waals surface area contributed by atoms with Crippen LogP contribution in [0.4, 0.5) is 0 Å². The summed E-state index contributed by atoms with van der Waals surface area (Å²) in [5.41, 5.74) is 2.22. The first kappa shape index (κ1) is 16.0. The summed E-state index contributed by atoms with van der Waals surface area (Å²) in [7, 11) is 0. The quantitative estimate of drug-likeness (QED) is 0.784. The third kappa shape index (κ3) is 4.88. The first-order valence-corrected chi connectivity index (χ1v) is 6.76. The lowest BCUT2D eigenvalue weighted by molar-refractivity contribution is -0.131. The molecule has 2 N–H and O–H groups in total. The largest absolute Gasteiger partial charge is 0.478 e. The second kappa shape index (κ2) is 7.48. The van der Waals surface area contributed by atoms with E-state index in [0.29, 0.717) is 5.56 Å². The molecule has 1 rings (SSSR count). The first-order chi connectivity index (χ1) is 9.43. The van der Waals surface area contributed by atoms with E-state index < -0.39 is 5.97 Å². The Labute approximate surface area is 119 Å². The van der Waals surface area contributed by atoms with Gasteiger partial charge in [-0.1, -0.05) is 19.4 Å². The van der Waals surface area contributed by atoms with Crippen molar-refractivity contribution in [2.24, 2.45) is 0 Å². The van der Waals surface area contributed by atoms with Gasteiger partial charge in [0.25, 0.3) is 5.91 Å². The number of rotatable bonds is 6. The van der Waals surface area contributed by atoms with Crippen LogP contribution in [0.25, 0.3) is 6.08 Å². The van der Waals surface area contributed by atoms with Crippen LogP contribution in [-0.2, 0) is 4.79 Å². The molecule has 1 aromatic rings. The van der Waals surface area contributed by atoms with Crippen molar-refractivity contribution in [3.63, 3.8) is 0 Å². The molecule has 1 atom stereocenters. The average molecular weight is 275 g/mol. The predicted molar refractivity (Wildman–Crippen MR) is 79.7 cm³/mol. The van der Waals surface area contributed by atoms with Gasteiger partial charge in [0.1, 0.15) is 0 Å². The molecule has 0 saturated carbocycles. The maximum atomic E-state index is 12.1. The van der Waals surface area contributed by atoms with Gasteiger partial charge in [0.15, 0.2) is 0 Å². The van der Waals surface area contributed by atoms with Crippen LogP contribution in [0.5, 0.6) is 0 Å². The zero-order valence-corrected chi connectivity index (χ0v) is 12.1. The molecule has 0 aliphatic rings. The number of benzene rings is 1. The predicted octanol–water partition coefficient (Wildman–Crippen LogP) is 3.01. The van der Waals surface area contributed by atoms with Crippen LogP contribution in [0, 0.1) is 6.92 Å². The molecule has 0 bridgehead atoms. The summed E-state index contributed by atoms with van der Waals surface area (Å²) >= 11 is 0. The van der Waals surface area contributed by atoms with Gasteiger partial charge in [-0.25, -0.2) is 4.79 Å². The number of amides is 1. The van der Waals surface area contributed by atoms with Gasteiger partial charge in [0.05, 0.1) is 0 Å². The summed E-state index contributed by atoms with van der Waals surface area (Å²) in [5, 5.41) is 11.6. The third-order valence-electron chi connectivity index (χ3n) is 3.05. The number of aliphatic carboxylic acids is 1. The molecule has 4 nitrogen and oxygen atoms in total. The molecular formula is C16H21NO3. The Balaban J connectivity index is 2.88. The average Bonchev–Trinajstić information content (AvgIpc) is 2.37. The summed E-state index contributed by atoms with van der Waals surface area (Å²) in [6, 6.07) is 5.41. The number of carboxylic acid groups (broad SMARTS) is 1. The lowest BCUT2D eigenvalue weighted by Crippen LogP contribution is -2.32. The second-order valence-electron chi connectivity index (χ2n) is 4.91. The minimum absolute atomic E-state index is 0.129. The van der Waals surface area contributed by atoms with E-state index in [1.165, 1.54) is 6.08 Å². The van der Waals surface area contributed by atoms with E-state index in [9.17, 15) is 9.59 Å². The Bertz CT molecular complexity index is 520. The number of nitrogens with one attached hydrogen (secondary N) is 1. The van der Waals surface area contributed by atoms with Crippen molar-refractivity contribution in [3.8, 4) is 0 Å². The van der Waals surface area contributed by atoms with Crippen LogP contribution in [0.2, 0.25) is 0 Å². The Morgan fingerprint density at radius 3 is 2.70 bits per heavy atom. The summed E-state index contributed by atoms with van der Waals surface area (Å²) in [5.74, 6) is -1.13. The molecule has 108 valence electrons. The number of carbonyl (C=O) groups excluding carboxylic acids is 1. The highest BCUT2D eigenvalue weighted by molar-refractivity contribution is 5.95. The number of hydrogen-bond acceptors (Lipinski definition) is 2. The topological polar surface area (TPSA) is 66.4 Å². The zero-order valence-electron chi connectivity index (χ0n) is 12.1. The van der Waals surface area contributed by atoms with Gasteiger partial charge in [0.2, 0.25) is 0 Å². The van der Waals surface area contributed by atoms with Crippen LogP contribution < -0.4 is 5.32 Å². The van der Waals surface area contributed by atoms with E-state index in [0.717, 1.165) is 30.0 Å². The molecule has 1 aromatic carbocycles. The molecule has 0 radical (unpaired) electrons. The van der Waals surface area contributed by atoms with Gasteiger partial charge >= 0.3 is 5.97 Å². The fourth-order valence-corrected chi connectivity index (χ4v) is 1.93. The van der Waals surface area contributed by atoms with Crippen molar-refractivity contribution in [1.29, 1.82) is 0 Å². The van der Waals surface area contributed by atoms with Crippen LogP contribution >= 0.6 is 0 Å². The molecule has 0 spiro atoms. The summed E-state index contributed by atoms with van der Waals surface area (Å²) in [4.78, 5) is 22.6. The van der Waals surface area contributed by atoms with Crippen molar-refractivity contribution >= 4 is 18.0 Å². The molecule has 0 heterocycles. The Morgan fingerprint density at radius 2 is 2.10 bits per heavy atom. The molecule has 20 heavy (non-hydrogen) atoms. The van der Waals surface area contributed by atoms with Crippen molar-refractivity contribution in [3.05, 3.63) is 41.0 Å². The fraction of sp³-hybridized carbons (Fsp3) is 0.375. The highest BCUT2D eigenvalue weighted by atomic mass is 16.4. The standard InChI is InChI=1S/C16H21NO3/c1-4-5-12(3)17-16(20)14-7-6-11(2)13(10-14)8-9-15(18)19/h6-10,12H,4-5H2,1-3H3,(H,17,20)(H,18,19)/b9-8+. The van der Waals surface area contributed by atoms with Gasteiger partial charge in [-0.3, -0.25) is 4.79 Å². The number of carboxylic acids is 1. The number of carbonyl (C=O) groups is 2. The van der Waals surface area contributed by atoms with Crippen LogP contribution in [0.15, 0.2) is 24.3 Å². The van der Waals surface area contributed by atoms with Gasteiger partial charge in [-0.05, 0) is 49.6 Å². The Morgan fingerprint density at radius 1 is 1.40 bits per heavy atom. The van der Waals surface area contributed by atoms with E-state index >= 15 is 0 Å². The fourth-order valence-electron chi connectivity index (χ4n) is 1.93. The highest BCUT2D eigenvalue weighted by Crippen LogP contribution is 2.13. The summed E-state index contributed by atoms with van der Waals surface area (Å²) in [6.45, 7) is 5.92. The van der Waals surface area contributed by atoms with Gasteiger partial charge in [-0.15, -0.1) is 0 Å². The Kier molecular flexibility index (Phi) is 5.97. The van der Waals surface area contributed by atoms with E-state index in [1.807, 2.05) is 19.9 Å².